The maximum atomic E-state index is 11.5. The summed E-state index contributed by atoms with van der Waals surface area (Å²) < 4.78 is 0. The minimum absolute atomic E-state index is 0.0786. The molecule has 1 aliphatic heterocycles. The molecular weight excluding hydrogens is 260 g/mol. The lowest BCUT2D eigenvalue weighted by Crippen LogP contribution is -2.19. The summed E-state index contributed by atoms with van der Waals surface area (Å²) in [6, 6.07) is 12.8. The van der Waals surface area contributed by atoms with Gasteiger partial charge < -0.3 is 10.6 Å². The van der Waals surface area contributed by atoms with Crippen LogP contribution in [0.2, 0.25) is 0 Å². The second-order valence-electron chi connectivity index (χ2n) is 5.65. The third-order valence-corrected chi connectivity index (χ3v) is 4.33. The summed E-state index contributed by atoms with van der Waals surface area (Å²) in [7, 11) is 1.98. The second-order valence-corrected chi connectivity index (χ2v) is 5.65. The Labute approximate surface area is 125 Å². The fraction of sp³-hybridized carbons (Fsp3) is 0.278. The normalized spacial score (nSPS) is 14.7. The molecule has 0 saturated carbocycles. The molecule has 1 unspecified atom stereocenters. The highest BCUT2D eigenvalue weighted by atomic mass is 16.1. The van der Waals surface area contributed by atoms with Gasteiger partial charge in [-0.05, 0) is 54.8 Å². The molecule has 2 aromatic carbocycles. The van der Waals surface area contributed by atoms with E-state index in [4.69, 9.17) is 0 Å². The summed E-state index contributed by atoms with van der Waals surface area (Å²) in [4.78, 5) is 11.5. The Balaban J connectivity index is 2.03. The number of hydrogen-bond acceptors (Lipinski definition) is 2. The summed E-state index contributed by atoms with van der Waals surface area (Å²) in [5.41, 5.74) is 7.12. The summed E-state index contributed by atoms with van der Waals surface area (Å²) in [6.07, 6.45) is 0.479. The van der Waals surface area contributed by atoms with Gasteiger partial charge in [0.1, 0.15) is 0 Å². The number of amides is 1. The van der Waals surface area contributed by atoms with Crippen molar-refractivity contribution in [2.24, 2.45) is 0 Å². The number of fused-ring (bicyclic) bond motifs is 1. The lowest BCUT2D eigenvalue weighted by atomic mass is 9.91. The second kappa shape index (κ2) is 5.34. The molecule has 0 radical (unpaired) electrons. The monoisotopic (exact) mass is 280 g/mol. The number of carbonyl (C=O) groups excluding carboxylic acids is 1. The van der Waals surface area contributed by atoms with Gasteiger partial charge in [0.25, 0.3) is 0 Å². The zero-order chi connectivity index (χ0) is 15.0. The van der Waals surface area contributed by atoms with E-state index in [0.717, 1.165) is 11.3 Å². The maximum absolute atomic E-state index is 11.5. The van der Waals surface area contributed by atoms with Crippen molar-refractivity contribution in [2.45, 2.75) is 26.3 Å². The lowest BCUT2D eigenvalue weighted by Gasteiger charge is -2.21. The first-order chi connectivity index (χ1) is 10.1. The van der Waals surface area contributed by atoms with Crippen molar-refractivity contribution < 1.29 is 4.79 Å². The highest BCUT2D eigenvalue weighted by Gasteiger charge is 2.21. The zero-order valence-corrected chi connectivity index (χ0v) is 12.7. The molecule has 1 atom stereocenters. The van der Waals surface area contributed by atoms with E-state index in [9.17, 15) is 4.79 Å². The Morgan fingerprint density at radius 1 is 1.19 bits per heavy atom. The number of rotatable bonds is 3. The van der Waals surface area contributed by atoms with Crippen LogP contribution in [0.1, 0.15) is 33.9 Å². The van der Waals surface area contributed by atoms with Crippen LogP contribution < -0.4 is 10.6 Å². The quantitative estimate of drug-likeness (QED) is 0.907. The van der Waals surface area contributed by atoms with Gasteiger partial charge in [0.15, 0.2) is 0 Å². The van der Waals surface area contributed by atoms with Gasteiger partial charge in [0.05, 0.1) is 12.5 Å². The molecule has 2 aromatic rings. The van der Waals surface area contributed by atoms with E-state index >= 15 is 0 Å². The molecule has 0 fully saturated rings. The van der Waals surface area contributed by atoms with Crippen LogP contribution in [-0.4, -0.2) is 13.0 Å². The standard InChI is InChI=1S/C18H20N2O/c1-11-5-4-6-15(12(11)2)18(19-3)13-7-8-16-14(9-13)10-17(21)20-16/h4-9,18-19H,10H2,1-3H3,(H,20,21). The average molecular weight is 280 g/mol. The number of carbonyl (C=O) groups is 1. The Bertz CT molecular complexity index is 706. The first-order valence-corrected chi connectivity index (χ1v) is 7.26. The van der Waals surface area contributed by atoms with Gasteiger partial charge in [-0.2, -0.15) is 0 Å². The van der Waals surface area contributed by atoms with E-state index in [0.29, 0.717) is 6.42 Å². The Kier molecular flexibility index (Phi) is 3.52. The Morgan fingerprint density at radius 2 is 2.00 bits per heavy atom. The van der Waals surface area contributed by atoms with Crippen molar-refractivity contribution in [3.05, 3.63) is 64.2 Å². The van der Waals surface area contributed by atoms with Crippen LogP contribution in [-0.2, 0) is 11.2 Å². The fourth-order valence-corrected chi connectivity index (χ4v) is 3.02. The van der Waals surface area contributed by atoms with Crippen molar-refractivity contribution in [2.75, 3.05) is 12.4 Å². The van der Waals surface area contributed by atoms with Gasteiger partial charge in [-0.25, -0.2) is 0 Å². The van der Waals surface area contributed by atoms with Crippen molar-refractivity contribution in [1.82, 2.24) is 5.32 Å². The molecule has 0 spiro atoms. The molecular formula is C18H20N2O. The van der Waals surface area contributed by atoms with Gasteiger partial charge >= 0.3 is 0 Å². The van der Waals surface area contributed by atoms with Crippen LogP contribution in [0.3, 0.4) is 0 Å². The predicted molar refractivity (Wildman–Crippen MR) is 85.6 cm³/mol. The highest BCUT2D eigenvalue weighted by Crippen LogP contribution is 2.31. The highest BCUT2D eigenvalue weighted by molar-refractivity contribution is 5.99. The fourth-order valence-electron chi connectivity index (χ4n) is 3.02. The van der Waals surface area contributed by atoms with Crippen molar-refractivity contribution in [3.63, 3.8) is 0 Å². The largest absolute Gasteiger partial charge is 0.326 e. The zero-order valence-electron chi connectivity index (χ0n) is 12.7. The van der Waals surface area contributed by atoms with Crippen LogP contribution in [0, 0.1) is 13.8 Å². The minimum Gasteiger partial charge on any atom is -0.326 e. The molecule has 0 aliphatic carbocycles. The number of benzene rings is 2. The number of anilines is 1. The van der Waals surface area contributed by atoms with Crippen molar-refractivity contribution in [1.29, 1.82) is 0 Å². The number of hydrogen-bond donors (Lipinski definition) is 2. The predicted octanol–water partition coefficient (Wildman–Crippen LogP) is 3.11. The van der Waals surface area contributed by atoms with E-state index < -0.39 is 0 Å². The minimum atomic E-state index is 0.0786. The summed E-state index contributed by atoms with van der Waals surface area (Å²) in [5.74, 6) is 0.0786. The van der Waals surface area contributed by atoms with Crippen molar-refractivity contribution >= 4 is 11.6 Å². The molecule has 3 heteroatoms. The summed E-state index contributed by atoms with van der Waals surface area (Å²) in [5, 5.41) is 6.28. The Morgan fingerprint density at radius 3 is 2.76 bits per heavy atom. The first-order valence-electron chi connectivity index (χ1n) is 7.26. The molecule has 21 heavy (non-hydrogen) atoms. The molecule has 1 amide bonds. The molecule has 3 rings (SSSR count). The van der Waals surface area contributed by atoms with Crippen LogP contribution >= 0.6 is 0 Å². The van der Waals surface area contributed by atoms with Crippen LogP contribution in [0.15, 0.2) is 36.4 Å². The summed E-state index contributed by atoms with van der Waals surface area (Å²) in [6.45, 7) is 4.30. The van der Waals surface area contributed by atoms with Gasteiger partial charge in [-0.3, -0.25) is 4.79 Å². The van der Waals surface area contributed by atoms with E-state index in [1.165, 1.54) is 22.3 Å². The van der Waals surface area contributed by atoms with Crippen LogP contribution in [0.4, 0.5) is 5.69 Å². The van der Waals surface area contributed by atoms with E-state index in [1.807, 2.05) is 13.1 Å². The molecule has 1 heterocycles. The van der Waals surface area contributed by atoms with Gasteiger partial charge in [-0.1, -0.05) is 30.3 Å². The molecule has 0 bridgehead atoms. The van der Waals surface area contributed by atoms with Crippen LogP contribution in [0.25, 0.3) is 0 Å². The SMILES string of the molecule is CNC(c1ccc2c(c1)CC(=O)N2)c1cccc(C)c1C. The van der Waals surface area contributed by atoms with Gasteiger partial charge in [0.2, 0.25) is 5.91 Å². The average Bonchev–Trinajstić information content (AvgIpc) is 2.83. The van der Waals surface area contributed by atoms with Crippen molar-refractivity contribution in [3.8, 4) is 0 Å². The van der Waals surface area contributed by atoms with Gasteiger partial charge in [-0.15, -0.1) is 0 Å². The third kappa shape index (κ3) is 2.45. The third-order valence-electron chi connectivity index (χ3n) is 4.33. The Hall–Kier alpha value is -2.13. The first kappa shape index (κ1) is 13.8. The topological polar surface area (TPSA) is 41.1 Å². The smallest absolute Gasteiger partial charge is 0.228 e. The van der Waals surface area contributed by atoms with E-state index in [1.54, 1.807) is 0 Å². The maximum Gasteiger partial charge on any atom is 0.228 e. The molecule has 0 aromatic heterocycles. The van der Waals surface area contributed by atoms with E-state index in [2.05, 4.69) is 54.8 Å². The molecule has 3 nitrogen and oxygen atoms in total. The number of nitrogens with one attached hydrogen (secondary N) is 2. The summed E-state index contributed by atoms with van der Waals surface area (Å²) >= 11 is 0. The molecule has 1 aliphatic rings. The van der Waals surface area contributed by atoms with E-state index in [-0.39, 0.29) is 11.9 Å². The molecule has 2 N–H and O–H groups in total. The van der Waals surface area contributed by atoms with Gasteiger partial charge in [0, 0.05) is 5.69 Å². The van der Waals surface area contributed by atoms with Crippen LogP contribution in [0.5, 0.6) is 0 Å². The number of aryl methyl sites for hydroxylation is 1. The molecule has 0 saturated heterocycles. The molecule has 108 valence electrons. The lowest BCUT2D eigenvalue weighted by molar-refractivity contribution is -0.115.